The maximum absolute atomic E-state index is 7.87. The van der Waals surface area contributed by atoms with Crippen LogP contribution in [0.3, 0.4) is 0 Å². The van der Waals surface area contributed by atoms with E-state index < -0.39 is 0 Å². The number of rotatable bonds is 3. The summed E-state index contributed by atoms with van der Waals surface area (Å²) >= 11 is 0. The highest BCUT2D eigenvalue weighted by Crippen LogP contribution is 2.08. The maximum Gasteiger partial charge on any atom is 0.155 e. The monoisotopic (exact) mass is 119 g/mol. The van der Waals surface area contributed by atoms with Crippen LogP contribution in [0.4, 0.5) is 0 Å². The van der Waals surface area contributed by atoms with Crippen molar-refractivity contribution in [2.45, 2.75) is 0 Å². The van der Waals surface area contributed by atoms with Crippen molar-refractivity contribution in [1.82, 2.24) is 0 Å². The summed E-state index contributed by atoms with van der Waals surface area (Å²) in [5.74, 6) is 0. The van der Waals surface area contributed by atoms with Gasteiger partial charge in [0, 0.05) is 7.11 Å². The summed E-state index contributed by atoms with van der Waals surface area (Å²) in [5, 5.41) is 7.87. The summed E-state index contributed by atoms with van der Waals surface area (Å²) in [6, 6.07) is 1.81. The zero-order valence-electron chi connectivity index (χ0n) is 3.97. The molecule has 0 heterocycles. The Labute approximate surface area is 44.2 Å². The second-order valence-electron chi connectivity index (χ2n) is 0.734. The molecular weight excluding hydrogens is 113 g/mol. The van der Waals surface area contributed by atoms with Gasteiger partial charge in [-0.25, -0.2) is 0 Å². The molecule has 0 amide bonds. The first-order valence-electron chi connectivity index (χ1n) is 1.68. The van der Waals surface area contributed by atoms with Crippen LogP contribution in [0.15, 0.2) is 0 Å². The molecule has 0 aromatic rings. The fourth-order valence-electron chi connectivity index (χ4n) is 0.121. The van der Waals surface area contributed by atoms with E-state index in [2.05, 4.69) is 9.05 Å². The molecule has 0 saturated carbocycles. The van der Waals surface area contributed by atoms with E-state index in [9.17, 15) is 0 Å². The van der Waals surface area contributed by atoms with Crippen molar-refractivity contribution < 1.29 is 9.05 Å². The van der Waals surface area contributed by atoms with Crippen LogP contribution < -0.4 is 0 Å². The van der Waals surface area contributed by atoms with Gasteiger partial charge in [0.25, 0.3) is 0 Å². The number of nitrogens with zero attached hydrogens (tertiary/aromatic N) is 1. The lowest BCUT2D eigenvalue weighted by atomic mass is 10.9. The Morgan fingerprint density at radius 2 is 2.57 bits per heavy atom. The molecule has 3 nitrogen and oxygen atoms in total. The maximum atomic E-state index is 7.87. The largest absolute Gasteiger partial charge is 0.340 e. The molecular formula is C3H6NO2P. The van der Waals surface area contributed by atoms with E-state index in [1.54, 1.807) is 0 Å². The summed E-state index contributed by atoms with van der Waals surface area (Å²) in [7, 11) is 1.52. The van der Waals surface area contributed by atoms with Crippen molar-refractivity contribution >= 4 is 9.03 Å². The summed E-state index contributed by atoms with van der Waals surface area (Å²) in [5.41, 5.74) is 0. The van der Waals surface area contributed by atoms with E-state index >= 15 is 0 Å². The van der Waals surface area contributed by atoms with Gasteiger partial charge in [-0.05, 0) is 0 Å². The standard InChI is InChI=1S/C3H6NO2P/c1-5-7-6-3-2-4/h7H,3H2,1H3. The van der Waals surface area contributed by atoms with Crippen molar-refractivity contribution in [2.24, 2.45) is 0 Å². The minimum Gasteiger partial charge on any atom is -0.340 e. The first-order chi connectivity index (χ1) is 3.41. The zero-order chi connectivity index (χ0) is 5.54. The van der Waals surface area contributed by atoms with Crippen molar-refractivity contribution in [1.29, 1.82) is 5.26 Å². The summed E-state index contributed by atoms with van der Waals surface area (Å²) < 4.78 is 9.07. The predicted octanol–water partition coefficient (Wildman–Crippen LogP) is 0.681. The Kier molecular flexibility index (Phi) is 5.71. The second kappa shape index (κ2) is 5.84. The third kappa shape index (κ3) is 5.84. The number of hydrogen-bond donors (Lipinski definition) is 0. The predicted molar refractivity (Wildman–Crippen MR) is 26.9 cm³/mol. The molecule has 0 aliphatic rings. The second-order valence-corrected chi connectivity index (χ2v) is 1.60. The highest BCUT2D eigenvalue weighted by molar-refractivity contribution is 7.26. The van der Waals surface area contributed by atoms with Crippen LogP contribution in [-0.4, -0.2) is 13.7 Å². The number of hydrogen-bond acceptors (Lipinski definition) is 3. The van der Waals surface area contributed by atoms with Gasteiger partial charge in [-0.2, -0.15) is 5.26 Å². The molecule has 0 bridgehead atoms. The smallest absolute Gasteiger partial charge is 0.155 e. The van der Waals surface area contributed by atoms with E-state index in [-0.39, 0.29) is 15.6 Å². The summed E-state index contributed by atoms with van der Waals surface area (Å²) in [6.45, 7) is 0.117. The Hall–Kier alpha value is -0.160. The summed E-state index contributed by atoms with van der Waals surface area (Å²) in [6.07, 6.45) is 0. The topological polar surface area (TPSA) is 42.2 Å². The van der Waals surface area contributed by atoms with Crippen molar-refractivity contribution in [3.05, 3.63) is 0 Å². The van der Waals surface area contributed by atoms with E-state index in [0.717, 1.165) is 0 Å². The minimum absolute atomic E-state index is 0.000802. The SMILES string of the molecule is COPOCC#N. The third-order valence-corrected chi connectivity index (χ3v) is 0.708. The Morgan fingerprint density at radius 1 is 1.86 bits per heavy atom. The lowest BCUT2D eigenvalue weighted by molar-refractivity contribution is 0.336. The van der Waals surface area contributed by atoms with E-state index in [0.29, 0.717) is 0 Å². The fraction of sp³-hybridized carbons (Fsp3) is 0.667. The Balaban J connectivity index is 2.60. The van der Waals surface area contributed by atoms with Crippen LogP contribution in [0.25, 0.3) is 0 Å². The van der Waals surface area contributed by atoms with Gasteiger partial charge in [-0.15, -0.1) is 0 Å². The third-order valence-electron chi connectivity index (χ3n) is 0.279. The molecule has 1 unspecified atom stereocenters. The van der Waals surface area contributed by atoms with Gasteiger partial charge >= 0.3 is 0 Å². The van der Waals surface area contributed by atoms with Crippen LogP contribution in [0.2, 0.25) is 0 Å². The zero-order valence-corrected chi connectivity index (χ0v) is 4.97. The molecule has 0 fully saturated rings. The van der Waals surface area contributed by atoms with Crippen LogP contribution >= 0.6 is 9.03 Å². The Bertz CT molecular complexity index is 69.8. The van der Waals surface area contributed by atoms with Gasteiger partial charge in [0.2, 0.25) is 0 Å². The molecule has 0 aliphatic carbocycles. The molecule has 0 rings (SSSR count). The van der Waals surface area contributed by atoms with Gasteiger partial charge in [0.05, 0.1) is 6.07 Å². The minimum atomic E-state index is -0.000802. The van der Waals surface area contributed by atoms with Gasteiger partial charge in [-0.3, -0.25) is 0 Å². The first kappa shape index (κ1) is 6.84. The average Bonchev–Trinajstić information content (AvgIpc) is 1.69. The molecule has 0 N–H and O–H groups in total. The molecule has 0 spiro atoms. The molecule has 0 aromatic carbocycles. The summed E-state index contributed by atoms with van der Waals surface area (Å²) in [4.78, 5) is 0. The van der Waals surface area contributed by atoms with Crippen molar-refractivity contribution in [3.63, 3.8) is 0 Å². The quantitative estimate of drug-likeness (QED) is 0.405. The van der Waals surface area contributed by atoms with Crippen LogP contribution in [0.1, 0.15) is 0 Å². The highest BCUT2D eigenvalue weighted by Gasteiger charge is 1.77. The van der Waals surface area contributed by atoms with Crippen molar-refractivity contribution in [2.75, 3.05) is 13.7 Å². The van der Waals surface area contributed by atoms with E-state index in [4.69, 9.17) is 5.26 Å². The van der Waals surface area contributed by atoms with Gasteiger partial charge in [0.1, 0.15) is 6.61 Å². The fourth-order valence-corrected chi connectivity index (χ4v) is 0.362. The van der Waals surface area contributed by atoms with Gasteiger partial charge < -0.3 is 9.05 Å². The molecule has 0 radical (unpaired) electrons. The lowest BCUT2D eigenvalue weighted by Crippen LogP contribution is -1.76. The molecule has 0 aliphatic heterocycles. The molecule has 4 heteroatoms. The van der Waals surface area contributed by atoms with E-state index in [1.165, 1.54) is 7.11 Å². The molecule has 40 valence electrons. The van der Waals surface area contributed by atoms with Gasteiger partial charge in [0.15, 0.2) is 9.03 Å². The Morgan fingerprint density at radius 3 is 3.00 bits per heavy atom. The average molecular weight is 119 g/mol. The number of nitriles is 1. The van der Waals surface area contributed by atoms with Crippen LogP contribution in [0.5, 0.6) is 0 Å². The van der Waals surface area contributed by atoms with Crippen LogP contribution in [0, 0.1) is 11.3 Å². The molecule has 7 heavy (non-hydrogen) atoms. The van der Waals surface area contributed by atoms with Gasteiger partial charge in [-0.1, -0.05) is 0 Å². The molecule has 0 aromatic heterocycles. The van der Waals surface area contributed by atoms with Crippen LogP contribution in [-0.2, 0) is 9.05 Å². The normalized spacial score (nSPS) is 9.71. The van der Waals surface area contributed by atoms with Crippen molar-refractivity contribution in [3.8, 4) is 6.07 Å². The first-order valence-corrected chi connectivity index (χ1v) is 2.50. The molecule has 0 saturated heterocycles. The highest BCUT2D eigenvalue weighted by atomic mass is 31.1. The van der Waals surface area contributed by atoms with E-state index in [1.807, 2.05) is 6.07 Å². The molecule has 1 atom stereocenters. The lowest BCUT2D eigenvalue weighted by Gasteiger charge is -1.90.